The number of ether oxygens (including phenoxy) is 2. The summed E-state index contributed by atoms with van der Waals surface area (Å²) < 4.78 is 10.2. The van der Waals surface area contributed by atoms with Gasteiger partial charge in [-0.2, -0.15) is 0 Å². The summed E-state index contributed by atoms with van der Waals surface area (Å²) in [5.41, 5.74) is 1.92. The Morgan fingerprint density at radius 1 is 1.29 bits per heavy atom. The zero-order chi connectivity index (χ0) is 15.5. The zero-order valence-electron chi connectivity index (χ0n) is 11.9. The number of anilines is 2. The maximum absolute atomic E-state index is 11.0. The van der Waals surface area contributed by atoms with Crippen LogP contribution in [0.25, 0.3) is 0 Å². The van der Waals surface area contributed by atoms with E-state index in [0.29, 0.717) is 26.4 Å². The van der Waals surface area contributed by atoms with Gasteiger partial charge in [-0.15, -0.1) is 0 Å². The molecule has 10 nitrogen and oxygen atoms in total. The Labute approximate surface area is 122 Å². The second-order valence-electron chi connectivity index (χ2n) is 4.06. The third-order valence-electron chi connectivity index (χ3n) is 2.58. The number of nitrogens with zero attached hydrogens (tertiary/aromatic N) is 3. The van der Waals surface area contributed by atoms with Gasteiger partial charge < -0.3 is 20.2 Å². The van der Waals surface area contributed by atoms with E-state index >= 15 is 0 Å². The van der Waals surface area contributed by atoms with Crippen molar-refractivity contribution >= 4 is 17.3 Å². The molecule has 0 radical (unpaired) electrons. The van der Waals surface area contributed by atoms with Crippen LogP contribution in [0.15, 0.2) is 6.33 Å². The van der Waals surface area contributed by atoms with Gasteiger partial charge in [0.15, 0.2) is 0 Å². The van der Waals surface area contributed by atoms with Crippen LogP contribution in [0.4, 0.5) is 17.3 Å². The fraction of sp³-hybridized carbons (Fsp3) is 0.636. The molecule has 0 aliphatic rings. The van der Waals surface area contributed by atoms with Crippen molar-refractivity contribution in [2.24, 2.45) is 5.84 Å². The van der Waals surface area contributed by atoms with Gasteiger partial charge in [-0.25, -0.2) is 15.8 Å². The summed E-state index contributed by atoms with van der Waals surface area (Å²) in [5.74, 6) is 5.31. The van der Waals surface area contributed by atoms with Crippen LogP contribution in [0.2, 0.25) is 0 Å². The minimum atomic E-state index is -0.578. The monoisotopic (exact) mass is 300 g/mol. The molecule has 1 heterocycles. The van der Waals surface area contributed by atoms with Gasteiger partial charge in [0.25, 0.3) is 0 Å². The van der Waals surface area contributed by atoms with Gasteiger partial charge in [0.1, 0.15) is 6.33 Å². The molecule has 0 spiro atoms. The van der Waals surface area contributed by atoms with Crippen molar-refractivity contribution in [1.29, 1.82) is 0 Å². The molecule has 0 aromatic carbocycles. The molecule has 0 amide bonds. The number of hydrogen-bond donors (Lipinski definition) is 3. The normalized spacial score (nSPS) is 10.4. The summed E-state index contributed by atoms with van der Waals surface area (Å²) in [6, 6.07) is 0. The molecule has 1 aromatic rings. The molecule has 4 N–H and O–H groups in total. The summed E-state index contributed by atoms with van der Waals surface area (Å²) in [6.45, 7) is 2.29. The molecule has 0 saturated heterocycles. The first kappa shape index (κ1) is 17.0. The van der Waals surface area contributed by atoms with Crippen molar-refractivity contribution in [3.63, 3.8) is 0 Å². The summed E-state index contributed by atoms with van der Waals surface area (Å²) in [5, 5.41) is 13.9. The number of nitro groups is 1. The quantitative estimate of drug-likeness (QED) is 0.231. The Bertz CT molecular complexity index is 445. The van der Waals surface area contributed by atoms with Gasteiger partial charge in [-0.1, -0.05) is 0 Å². The first-order valence-corrected chi connectivity index (χ1v) is 6.47. The van der Waals surface area contributed by atoms with Gasteiger partial charge in [0, 0.05) is 20.3 Å². The van der Waals surface area contributed by atoms with E-state index in [4.69, 9.17) is 15.3 Å². The minimum Gasteiger partial charge on any atom is -0.382 e. The maximum Gasteiger partial charge on any atom is 0.354 e. The number of methoxy groups -OCH3 is 1. The molecule has 10 heteroatoms. The number of aromatic nitrogens is 2. The fourth-order valence-electron chi connectivity index (χ4n) is 1.57. The third kappa shape index (κ3) is 5.85. The van der Waals surface area contributed by atoms with Crippen molar-refractivity contribution in [1.82, 2.24) is 9.97 Å². The smallest absolute Gasteiger partial charge is 0.354 e. The summed E-state index contributed by atoms with van der Waals surface area (Å²) in [4.78, 5) is 18.0. The molecule has 21 heavy (non-hydrogen) atoms. The van der Waals surface area contributed by atoms with Gasteiger partial charge in [0.2, 0.25) is 11.6 Å². The van der Waals surface area contributed by atoms with E-state index in [1.165, 1.54) is 6.33 Å². The fourth-order valence-corrected chi connectivity index (χ4v) is 1.57. The number of nitrogens with two attached hydrogens (primary N) is 1. The van der Waals surface area contributed by atoms with E-state index in [2.05, 4.69) is 20.7 Å². The predicted octanol–water partition coefficient (Wildman–Crippen LogP) is 0.526. The highest BCUT2D eigenvalue weighted by molar-refractivity contribution is 5.68. The Balaban J connectivity index is 2.37. The Morgan fingerprint density at radius 3 is 2.71 bits per heavy atom. The molecule has 0 bridgehead atoms. The highest BCUT2D eigenvalue weighted by atomic mass is 16.6. The second-order valence-corrected chi connectivity index (χ2v) is 4.06. The Hall–Kier alpha value is -2.04. The van der Waals surface area contributed by atoms with E-state index in [1.807, 2.05) is 0 Å². The van der Waals surface area contributed by atoms with Crippen LogP contribution in [0.5, 0.6) is 0 Å². The second kappa shape index (κ2) is 9.80. The minimum absolute atomic E-state index is 0.0274. The van der Waals surface area contributed by atoms with E-state index < -0.39 is 4.92 Å². The van der Waals surface area contributed by atoms with E-state index in [1.54, 1.807) is 7.11 Å². The summed E-state index contributed by atoms with van der Waals surface area (Å²) in [6.07, 6.45) is 2.83. The number of nitrogen functional groups attached to an aromatic ring is 1. The van der Waals surface area contributed by atoms with Crippen LogP contribution in [0, 0.1) is 10.1 Å². The number of nitrogens with one attached hydrogen (secondary N) is 2. The van der Waals surface area contributed by atoms with Gasteiger partial charge in [-0.05, 0) is 12.8 Å². The van der Waals surface area contributed by atoms with Gasteiger partial charge in [0.05, 0.1) is 18.1 Å². The standard InChI is InChI=1S/C11H20N6O4/c1-20-6-7-21-5-3-2-4-13-10-9(17(18)19)11(16-12)15-8-14-10/h8H,2-7,12H2,1H3,(H2,13,14,15,16). The van der Waals surface area contributed by atoms with Crippen LogP contribution < -0.4 is 16.6 Å². The van der Waals surface area contributed by atoms with E-state index in [9.17, 15) is 10.1 Å². The van der Waals surface area contributed by atoms with E-state index in [0.717, 1.165) is 12.8 Å². The highest BCUT2D eigenvalue weighted by Gasteiger charge is 2.21. The molecule has 0 unspecified atom stereocenters. The summed E-state index contributed by atoms with van der Waals surface area (Å²) >= 11 is 0. The first-order chi connectivity index (χ1) is 10.2. The van der Waals surface area contributed by atoms with Crippen LogP contribution in [-0.2, 0) is 9.47 Å². The lowest BCUT2D eigenvalue weighted by Gasteiger charge is -2.08. The molecule has 0 aliphatic carbocycles. The molecule has 1 aromatic heterocycles. The van der Waals surface area contributed by atoms with Crippen molar-refractivity contribution in [3.05, 3.63) is 16.4 Å². The first-order valence-electron chi connectivity index (χ1n) is 6.47. The van der Waals surface area contributed by atoms with Crippen molar-refractivity contribution < 1.29 is 14.4 Å². The van der Waals surface area contributed by atoms with Crippen molar-refractivity contribution in [2.75, 3.05) is 44.2 Å². The lowest BCUT2D eigenvalue weighted by atomic mass is 10.3. The molecule has 118 valence electrons. The van der Waals surface area contributed by atoms with Crippen LogP contribution in [-0.4, -0.2) is 48.4 Å². The number of rotatable bonds is 11. The zero-order valence-corrected chi connectivity index (χ0v) is 11.9. The average molecular weight is 300 g/mol. The van der Waals surface area contributed by atoms with E-state index in [-0.39, 0.29) is 17.3 Å². The van der Waals surface area contributed by atoms with Crippen molar-refractivity contribution in [3.8, 4) is 0 Å². The molecule has 0 saturated carbocycles. The predicted molar refractivity (Wildman–Crippen MR) is 76.9 cm³/mol. The average Bonchev–Trinajstić information content (AvgIpc) is 2.49. The lowest BCUT2D eigenvalue weighted by molar-refractivity contribution is -0.383. The molecular weight excluding hydrogens is 280 g/mol. The molecular formula is C11H20N6O4. The number of unbranched alkanes of at least 4 members (excludes halogenated alkanes) is 1. The van der Waals surface area contributed by atoms with Gasteiger partial charge >= 0.3 is 5.69 Å². The number of hydrogen-bond acceptors (Lipinski definition) is 9. The maximum atomic E-state index is 11.0. The molecule has 0 atom stereocenters. The Morgan fingerprint density at radius 2 is 2.05 bits per heavy atom. The molecule has 0 aliphatic heterocycles. The number of hydrazine groups is 1. The SMILES string of the molecule is COCCOCCCCNc1ncnc(NN)c1[N+](=O)[O-]. The van der Waals surface area contributed by atoms with Crippen molar-refractivity contribution in [2.45, 2.75) is 12.8 Å². The lowest BCUT2D eigenvalue weighted by Crippen LogP contribution is -2.14. The van der Waals surface area contributed by atoms with Crippen LogP contribution >= 0.6 is 0 Å². The van der Waals surface area contributed by atoms with Crippen LogP contribution in [0.1, 0.15) is 12.8 Å². The van der Waals surface area contributed by atoms with Gasteiger partial charge in [-0.3, -0.25) is 10.1 Å². The molecule has 1 rings (SSSR count). The molecule has 0 fully saturated rings. The van der Waals surface area contributed by atoms with Crippen LogP contribution in [0.3, 0.4) is 0 Å². The summed E-state index contributed by atoms with van der Waals surface area (Å²) in [7, 11) is 1.62. The topological polar surface area (TPSA) is 137 Å². The third-order valence-corrected chi connectivity index (χ3v) is 2.58. The highest BCUT2D eigenvalue weighted by Crippen LogP contribution is 2.27. The Kier molecular flexibility index (Phi) is 7.94. The largest absolute Gasteiger partial charge is 0.382 e.